The zero-order valence-electron chi connectivity index (χ0n) is 15.4. The van der Waals surface area contributed by atoms with Gasteiger partial charge in [-0.25, -0.2) is 0 Å². The summed E-state index contributed by atoms with van der Waals surface area (Å²) in [6.45, 7) is 3.13. The molecule has 0 heterocycles. The average Bonchev–Trinajstić information content (AvgIpc) is 2.57. The summed E-state index contributed by atoms with van der Waals surface area (Å²) in [5.74, 6) is -0.474. The molecule has 0 aliphatic carbocycles. The Morgan fingerprint density at radius 3 is 1.30 bits per heavy atom. The molecule has 2 atom stereocenters. The summed E-state index contributed by atoms with van der Waals surface area (Å²) in [5.41, 5.74) is 2.99. The van der Waals surface area contributed by atoms with Crippen LogP contribution in [0.1, 0.15) is 26.7 Å². The molecule has 0 saturated carbocycles. The lowest BCUT2D eigenvalue weighted by atomic mass is 10.2. The van der Waals surface area contributed by atoms with E-state index in [0.717, 1.165) is 11.4 Å². The first-order valence-corrected chi connectivity index (χ1v) is 8.75. The van der Waals surface area contributed by atoms with Gasteiger partial charge in [0.15, 0.2) is 0 Å². The Hall–Kier alpha value is -2.90. The minimum atomic E-state index is -0.675. The number of carbonyl (C=O) groups is 2. The van der Waals surface area contributed by atoms with Crippen LogP contribution in [0.25, 0.3) is 0 Å². The van der Waals surface area contributed by atoms with Crippen molar-refractivity contribution in [2.75, 3.05) is 16.0 Å². The molecule has 2 aromatic rings. The van der Waals surface area contributed by atoms with Crippen molar-refractivity contribution in [1.82, 2.24) is 0 Å². The predicted octanol–water partition coefficient (Wildman–Crippen LogP) is 2.85. The predicted molar refractivity (Wildman–Crippen MR) is 106 cm³/mol. The van der Waals surface area contributed by atoms with E-state index < -0.39 is 12.2 Å². The first-order chi connectivity index (χ1) is 12.8. The number of amides is 2. The summed E-state index contributed by atoms with van der Waals surface area (Å²) < 4.78 is 0. The molecule has 0 aliphatic heterocycles. The van der Waals surface area contributed by atoms with Crippen molar-refractivity contribution >= 4 is 34.6 Å². The molecule has 0 aliphatic rings. The highest BCUT2D eigenvalue weighted by Crippen LogP contribution is 2.21. The summed E-state index contributed by atoms with van der Waals surface area (Å²) in [4.78, 5) is 23.3. The quantitative estimate of drug-likeness (QED) is 0.490. The van der Waals surface area contributed by atoms with Gasteiger partial charge in [-0.2, -0.15) is 0 Å². The fraction of sp³-hybridized carbons (Fsp3) is 0.300. The molecule has 144 valence electrons. The Balaban J connectivity index is 1.89. The number of hydrogen-bond acceptors (Lipinski definition) is 5. The second kappa shape index (κ2) is 9.70. The van der Waals surface area contributed by atoms with Crippen LogP contribution < -0.4 is 16.0 Å². The maximum Gasteiger partial charge on any atom is 0.226 e. The summed E-state index contributed by atoms with van der Waals surface area (Å²) in [6, 6.07) is 14.4. The summed E-state index contributed by atoms with van der Waals surface area (Å²) in [6.07, 6.45) is -1.24. The normalized spacial score (nSPS) is 12.7. The van der Waals surface area contributed by atoms with Crippen LogP contribution in [0.4, 0.5) is 22.7 Å². The molecule has 0 aromatic heterocycles. The number of rotatable bonds is 8. The average molecular weight is 371 g/mol. The van der Waals surface area contributed by atoms with Crippen molar-refractivity contribution in [2.45, 2.75) is 38.9 Å². The van der Waals surface area contributed by atoms with E-state index in [1.165, 1.54) is 0 Å². The highest BCUT2D eigenvalue weighted by Gasteiger charge is 2.07. The fourth-order valence-corrected chi connectivity index (χ4v) is 2.40. The SMILES string of the molecule is CC(O)CC(=O)Nc1ccc(Nc2ccc(NC(=O)CC(C)O)cc2)cc1. The molecule has 0 bridgehead atoms. The van der Waals surface area contributed by atoms with Gasteiger partial charge in [-0.1, -0.05) is 0 Å². The Morgan fingerprint density at radius 2 is 1.00 bits per heavy atom. The minimum absolute atomic E-state index is 0.0557. The van der Waals surface area contributed by atoms with Gasteiger partial charge in [-0.3, -0.25) is 9.59 Å². The van der Waals surface area contributed by atoms with E-state index in [-0.39, 0.29) is 24.7 Å². The second-order valence-electron chi connectivity index (χ2n) is 6.48. The standard InChI is InChI=1S/C20H25N3O4/c1-13(24)11-19(26)22-17-7-3-15(4-8-17)21-16-5-9-18(10-6-16)23-20(27)12-14(2)25/h3-10,13-14,21,24-25H,11-12H2,1-2H3,(H,22,26)(H,23,27). The zero-order valence-corrected chi connectivity index (χ0v) is 15.4. The lowest BCUT2D eigenvalue weighted by Gasteiger charge is -2.11. The van der Waals surface area contributed by atoms with E-state index >= 15 is 0 Å². The highest BCUT2D eigenvalue weighted by molar-refractivity contribution is 5.92. The van der Waals surface area contributed by atoms with Gasteiger partial charge < -0.3 is 26.2 Å². The Labute approximate surface area is 158 Å². The number of aliphatic hydroxyl groups is 2. The number of hydrogen-bond donors (Lipinski definition) is 5. The third-order valence-corrected chi connectivity index (χ3v) is 3.59. The van der Waals surface area contributed by atoms with Gasteiger partial charge in [-0.05, 0) is 62.4 Å². The van der Waals surface area contributed by atoms with Crippen LogP contribution in [-0.2, 0) is 9.59 Å². The fourth-order valence-electron chi connectivity index (χ4n) is 2.40. The van der Waals surface area contributed by atoms with E-state index in [1.807, 2.05) is 24.3 Å². The molecule has 0 fully saturated rings. The van der Waals surface area contributed by atoms with Crippen LogP contribution in [0, 0.1) is 0 Å². The van der Waals surface area contributed by atoms with Gasteiger partial charge in [0.2, 0.25) is 11.8 Å². The van der Waals surface area contributed by atoms with Crippen molar-refractivity contribution < 1.29 is 19.8 Å². The molecule has 0 saturated heterocycles. The van der Waals surface area contributed by atoms with Gasteiger partial charge in [-0.15, -0.1) is 0 Å². The van der Waals surface area contributed by atoms with Crippen molar-refractivity contribution in [2.24, 2.45) is 0 Å². The summed E-state index contributed by atoms with van der Waals surface area (Å²) >= 11 is 0. The number of aliphatic hydroxyl groups excluding tert-OH is 2. The van der Waals surface area contributed by atoms with Crippen LogP contribution in [0.3, 0.4) is 0 Å². The lowest BCUT2D eigenvalue weighted by molar-refractivity contribution is -0.118. The maximum absolute atomic E-state index is 11.6. The molecule has 5 N–H and O–H groups in total. The lowest BCUT2D eigenvalue weighted by Crippen LogP contribution is -2.17. The van der Waals surface area contributed by atoms with Crippen molar-refractivity contribution in [3.63, 3.8) is 0 Å². The minimum Gasteiger partial charge on any atom is -0.393 e. The molecule has 2 aromatic carbocycles. The first kappa shape index (κ1) is 20.4. The molecule has 2 amide bonds. The number of anilines is 4. The van der Waals surface area contributed by atoms with Gasteiger partial charge in [0.05, 0.1) is 25.0 Å². The summed E-state index contributed by atoms with van der Waals surface area (Å²) in [5, 5.41) is 27.1. The van der Waals surface area contributed by atoms with Crippen molar-refractivity contribution in [3.05, 3.63) is 48.5 Å². The second-order valence-corrected chi connectivity index (χ2v) is 6.48. The molecule has 7 nitrogen and oxygen atoms in total. The van der Waals surface area contributed by atoms with E-state index in [4.69, 9.17) is 0 Å². The molecule has 0 radical (unpaired) electrons. The van der Waals surface area contributed by atoms with Gasteiger partial charge >= 0.3 is 0 Å². The maximum atomic E-state index is 11.6. The van der Waals surface area contributed by atoms with Crippen LogP contribution in [0.2, 0.25) is 0 Å². The molecular formula is C20H25N3O4. The largest absolute Gasteiger partial charge is 0.393 e. The van der Waals surface area contributed by atoms with Crippen LogP contribution in [-0.4, -0.2) is 34.2 Å². The third kappa shape index (κ3) is 7.47. The van der Waals surface area contributed by atoms with Crippen LogP contribution in [0.15, 0.2) is 48.5 Å². The Bertz CT molecular complexity index is 690. The number of benzene rings is 2. The third-order valence-electron chi connectivity index (χ3n) is 3.59. The van der Waals surface area contributed by atoms with Gasteiger partial charge in [0.1, 0.15) is 0 Å². The topological polar surface area (TPSA) is 111 Å². The van der Waals surface area contributed by atoms with E-state index in [0.29, 0.717) is 11.4 Å². The zero-order chi connectivity index (χ0) is 19.8. The first-order valence-electron chi connectivity index (χ1n) is 8.75. The number of carbonyl (C=O) groups excluding carboxylic acids is 2. The summed E-state index contributed by atoms with van der Waals surface area (Å²) in [7, 11) is 0. The van der Waals surface area contributed by atoms with Crippen LogP contribution >= 0.6 is 0 Å². The smallest absolute Gasteiger partial charge is 0.226 e. The molecule has 2 rings (SSSR count). The van der Waals surface area contributed by atoms with Crippen molar-refractivity contribution in [1.29, 1.82) is 0 Å². The van der Waals surface area contributed by atoms with E-state index in [1.54, 1.807) is 38.1 Å². The van der Waals surface area contributed by atoms with Gasteiger partial charge in [0.25, 0.3) is 0 Å². The number of nitrogens with one attached hydrogen (secondary N) is 3. The molecule has 27 heavy (non-hydrogen) atoms. The van der Waals surface area contributed by atoms with Gasteiger partial charge in [0, 0.05) is 22.7 Å². The molecule has 7 heteroatoms. The molecule has 2 unspecified atom stereocenters. The van der Waals surface area contributed by atoms with Crippen LogP contribution in [0.5, 0.6) is 0 Å². The van der Waals surface area contributed by atoms with Crippen molar-refractivity contribution in [3.8, 4) is 0 Å². The Morgan fingerprint density at radius 1 is 0.704 bits per heavy atom. The Kier molecular flexibility index (Phi) is 7.34. The van der Waals surface area contributed by atoms with E-state index in [2.05, 4.69) is 16.0 Å². The van der Waals surface area contributed by atoms with E-state index in [9.17, 15) is 19.8 Å². The molecular weight excluding hydrogens is 346 g/mol. The molecule has 0 spiro atoms. The monoisotopic (exact) mass is 371 g/mol. The highest BCUT2D eigenvalue weighted by atomic mass is 16.3.